The maximum Gasteiger partial charge on any atom is 0.150 e. The molecule has 0 aromatic rings. The second-order valence-corrected chi connectivity index (χ2v) is 7.34. The Labute approximate surface area is 86.0 Å². The van der Waals surface area contributed by atoms with Crippen molar-refractivity contribution in [2.45, 2.75) is 26.2 Å². The summed E-state index contributed by atoms with van der Waals surface area (Å²) >= 11 is 0. The molecule has 2 rings (SSSR count). The van der Waals surface area contributed by atoms with Crippen LogP contribution in [0.5, 0.6) is 0 Å². The predicted molar refractivity (Wildman–Crippen MR) is 56.6 cm³/mol. The SMILES string of the molecule is CC(CN)C1CC12CCS(=O)(=O)CC2. The lowest BCUT2D eigenvalue weighted by Gasteiger charge is -2.24. The Morgan fingerprint density at radius 2 is 2.00 bits per heavy atom. The molecule has 4 heteroatoms. The maximum atomic E-state index is 11.3. The average Bonchev–Trinajstić information content (AvgIpc) is 2.85. The minimum Gasteiger partial charge on any atom is -0.330 e. The molecule has 1 saturated heterocycles. The topological polar surface area (TPSA) is 60.2 Å². The zero-order valence-electron chi connectivity index (χ0n) is 8.70. The van der Waals surface area contributed by atoms with Gasteiger partial charge in [-0.05, 0) is 43.1 Å². The highest BCUT2D eigenvalue weighted by Gasteiger charge is 2.57. The normalized spacial score (nSPS) is 35.4. The summed E-state index contributed by atoms with van der Waals surface area (Å²) in [4.78, 5) is 0. The van der Waals surface area contributed by atoms with E-state index in [2.05, 4.69) is 6.92 Å². The predicted octanol–water partition coefficient (Wildman–Crippen LogP) is 0.796. The van der Waals surface area contributed by atoms with Crippen molar-refractivity contribution in [1.29, 1.82) is 0 Å². The van der Waals surface area contributed by atoms with Crippen molar-refractivity contribution < 1.29 is 8.42 Å². The van der Waals surface area contributed by atoms with Crippen LogP contribution in [0.15, 0.2) is 0 Å². The highest BCUT2D eigenvalue weighted by Crippen LogP contribution is 2.62. The van der Waals surface area contributed by atoms with E-state index in [9.17, 15) is 8.42 Å². The standard InChI is InChI=1S/C10H19NO2S/c1-8(7-11)9-6-10(9)2-4-14(12,13)5-3-10/h8-9H,2-7,11H2,1H3. The molecular weight excluding hydrogens is 198 g/mol. The fourth-order valence-electron chi connectivity index (χ4n) is 2.87. The Kier molecular flexibility index (Phi) is 2.39. The molecule has 2 atom stereocenters. The summed E-state index contributed by atoms with van der Waals surface area (Å²) in [5.41, 5.74) is 6.00. The second-order valence-electron chi connectivity index (χ2n) is 5.04. The largest absolute Gasteiger partial charge is 0.330 e. The van der Waals surface area contributed by atoms with Crippen LogP contribution in [0.1, 0.15) is 26.2 Å². The molecule has 1 spiro atoms. The molecule has 2 N–H and O–H groups in total. The van der Waals surface area contributed by atoms with E-state index in [0.717, 1.165) is 19.4 Å². The molecule has 0 radical (unpaired) electrons. The van der Waals surface area contributed by atoms with Crippen LogP contribution in [-0.2, 0) is 9.84 Å². The van der Waals surface area contributed by atoms with Crippen LogP contribution in [0.4, 0.5) is 0 Å². The first-order valence-corrected chi connectivity index (χ1v) is 7.22. The van der Waals surface area contributed by atoms with Crippen molar-refractivity contribution in [2.75, 3.05) is 18.1 Å². The molecule has 1 aliphatic carbocycles. The third kappa shape index (κ3) is 1.70. The quantitative estimate of drug-likeness (QED) is 0.744. The van der Waals surface area contributed by atoms with Gasteiger partial charge in [-0.1, -0.05) is 6.92 Å². The highest BCUT2D eigenvalue weighted by atomic mass is 32.2. The summed E-state index contributed by atoms with van der Waals surface area (Å²) in [6.45, 7) is 2.92. The molecule has 0 amide bonds. The maximum absolute atomic E-state index is 11.3. The summed E-state index contributed by atoms with van der Waals surface area (Å²) < 4.78 is 22.6. The third-order valence-electron chi connectivity index (χ3n) is 4.13. The van der Waals surface area contributed by atoms with Crippen molar-refractivity contribution in [3.05, 3.63) is 0 Å². The van der Waals surface area contributed by atoms with Crippen molar-refractivity contribution in [3.8, 4) is 0 Å². The molecule has 0 aromatic carbocycles. The molecule has 1 saturated carbocycles. The lowest BCUT2D eigenvalue weighted by Crippen LogP contribution is -2.27. The van der Waals surface area contributed by atoms with Crippen LogP contribution in [0.3, 0.4) is 0 Å². The fraction of sp³-hybridized carbons (Fsp3) is 1.00. The van der Waals surface area contributed by atoms with Crippen LogP contribution in [0, 0.1) is 17.3 Å². The molecule has 82 valence electrons. The van der Waals surface area contributed by atoms with Gasteiger partial charge in [0, 0.05) is 0 Å². The Hall–Kier alpha value is -0.0900. The number of hydrogen-bond donors (Lipinski definition) is 1. The first-order chi connectivity index (χ1) is 6.49. The van der Waals surface area contributed by atoms with Gasteiger partial charge in [0.15, 0.2) is 0 Å². The van der Waals surface area contributed by atoms with Crippen molar-refractivity contribution >= 4 is 9.84 Å². The van der Waals surface area contributed by atoms with E-state index in [1.165, 1.54) is 6.42 Å². The Bertz CT molecular complexity index is 309. The van der Waals surface area contributed by atoms with Gasteiger partial charge >= 0.3 is 0 Å². The zero-order valence-corrected chi connectivity index (χ0v) is 9.52. The summed E-state index contributed by atoms with van der Waals surface area (Å²) in [5.74, 6) is 2.07. The molecule has 14 heavy (non-hydrogen) atoms. The monoisotopic (exact) mass is 217 g/mol. The lowest BCUT2D eigenvalue weighted by atomic mass is 9.91. The van der Waals surface area contributed by atoms with Crippen molar-refractivity contribution in [1.82, 2.24) is 0 Å². The number of rotatable bonds is 2. The second kappa shape index (κ2) is 3.20. The van der Waals surface area contributed by atoms with Gasteiger partial charge in [-0.25, -0.2) is 8.42 Å². The van der Waals surface area contributed by atoms with E-state index in [1.807, 2.05) is 0 Å². The summed E-state index contributed by atoms with van der Waals surface area (Å²) in [5, 5.41) is 0. The minimum absolute atomic E-state index is 0.365. The number of sulfone groups is 1. The molecular formula is C10H19NO2S. The first-order valence-electron chi connectivity index (χ1n) is 5.40. The van der Waals surface area contributed by atoms with Crippen LogP contribution in [0.25, 0.3) is 0 Å². The summed E-state index contributed by atoms with van der Waals surface area (Å²) in [7, 11) is -2.70. The Morgan fingerprint density at radius 1 is 1.43 bits per heavy atom. The summed E-state index contributed by atoms with van der Waals surface area (Å²) in [6.07, 6.45) is 2.97. The van der Waals surface area contributed by atoms with Gasteiger partial charge in [-0.3, -0.25) is 0 Å². The van der Waals surface area contributed by atoms with Crippen molar-refractivity contribution in [2.24, 2.45) is 23.0 Å². The van der Waals surface area contributed by atoms with Crippen LogP contribution >= 0.6 is 0 Å². The van der Waals surface area contributed by atoms with Crippen LogP contribution in [-0.4, -0.2) is 26.5 Å². The molecule has 1 heterocycles. The molecule has 0 aromatic heterocycles. The molecule has 0 bridgehead atoms. The van der Waals surface area contributed by atoms with Crippen molar-refractivity contribution in [3.63, 3.8) is 0 Å². The smallest absolute Gasteiger partial charge is 0.150 e. The fourth-order valence-corrected chi connectivity index (χ4v) is 4.51. The average molecular weight is 217 g/mol. The molecule has 3 nitrogen and oxygen atoms in total. The number of hydrogen-bond acceptors (Lipinski definition) is 3. The van der Waals surface area contributed by atoms with Gasteiger partial charge in [-0.15, -0.1) is 0 Å². The number of nitrogens with two attached hydrogens (primary N) is 1. The van der Waals surface area contributed by atoms with E-state index in [4.69, 9.17) is 5.73 Å². The van der Waals surface area contributed by atoms with Gasteiger partial charge < -0.3 is 5.73 Å². The van der Waals surface area contributed by atoms with E-state index in [0.29, 0.717) is 28.8 Å². The van der Waals surface area contributed by atoms with E-state index < -0.39 is 9.84 Å². The Balaban J connectivity index is 1.97. The van der Waals surface area contributed by atoms with Gasteiger partial charge in [0.1, 0.15) is 9.84 Å². The van der Waals surface area contributed by atoms with Gasteiger partial charge in [0.2, 0.25) is 0 Å². The zero-order chi connectivity index (χ0) is 10.4. The molecule has 2 aliphatic rings. The minimum atomic E-state index is -2.70. The van der Waals surface area contributed by atoms with E-state index in [1.54, 1.807) is 0 Å². The van der Waals surface area contributed by atoms with Crippen LogP contribution < -0.4 is 5.73 Å². The van der Waals surface area contributed by atoms with Gasteiger partial charge in [0.25, 0.3) is 0 Å². The van der Waals surface area contributed by atoms with E-state index >= 15 is 0 Å². The van der Waals surface area contributed by atoms with Crippen LogP contribution in [0.2, 0.25) is 0 Å². The van der Waals surface area contributed by atoms with Gasteiger partial charge in [-0.2, -0.15) is 0 Å². The molecule has 2 unspecified atom stereocenters. The molecule has 2 fully saturated rings. The lowest BCUT2D eigenvalue weighted by molar-refractivity contribution is 0.349. The molecule has 1 aliphatic heterocycles. The highest BCUT2D eigenvalue weighted by molar-refractivity contribution is 7.91. The summed E-state index contributed by atoms with van der Waals surface area (Å²) in [6, 6.07) is 0. The Morgan fingerprint density at radius 3 is 2.50 bits per heavy atom. The van der Waals surface area contributed by atoms with E-state index in [-0.39, 0.29) is 0 Å². The third-order valence-corrected chi connectivity index (χ3v) is 5.79. The van der Waals surface area contributed by atoms with Gasteiger partial charge in [0.05, 0.1) is 11.5 Å². The first kappa shape index (κ1) is 10.4.